The summed E-state index contributed by atoms with van der Waals surface area (Å²) in [5.41, 5.74) is 4.39. The average Bonchev–Trinajstić information content (AvgIpc) is 3.23. The number of aromatic amines is 1. The smallest absolute Gasteiger partial charge is 0.273 e. The monoisotopic (exact) mass is 434 g/mol. The van der Waals surface area contributed by atoms with Crippen LogP contribution in [0.25, 0.3) is 11.3 Å². The summed E-state index contributed by atoms with van der Waals surface area (Å²) < 4.78 is 13.5. The zero-order valence-electron chi connectivity index (χ0n) is 16.8. The Morgan fingerprint density at radius 1 is 1.03 bits per heavy atom. The Labute approximate surface area is 184 Å². The third-order valence-corrected chi connectivity index (χ3v) is 5.26. The molecule has 0 aliphatic carbocycles. The maximum Gasteiger partial charge on any atom is 0.273 e. The molecule has 2 aromatic carbocycles. The molecular weight excluding hydrogens is 415 g/mol. The number of H-pyrrole nitrogens is 1. The second kappa shape index (κ2) is 9.10. The molecule has 0 saturated heterocycles. The zero-order chi connectivity index (χ0) is 21.8. The van der Waals surface area contributed by atoms with Gasteiger partial charge in [-0.2, -0.15) is 5.10 Å². The molecule has 1 amide bonds. The molecule has 2 aromatic heterocycles. The summed E-state index contributed by atoms with van der Waals surface area (Å²) in [6.07, 6.45) is 1.71. The van der Waals surface area contributed by atoms with Gasteiger partial charge in [0.15, 0.2) is 0 Å². The number of hydrogen-bond donors (Lipinski definition) is 1. The van der Waals surface area contributed by atoms with Crippen LogP contribution in [0.5, 0.6) is 0 Å². The fourth-order valence-electron chi connectivity index (χ4n) is 3.37. The summed E-state index contributed by atoms with van der Waals surface area (Å²) in [5.74, 6) is -0.669. The molecular formula is C24H20ClFN4O. The standard InChI is InChI=1S/C24H20ClFN4O/c1-16-6-5-9-22(28-16)24(31)30(14-18-10-11-20(26)12-21(18)25)15-19-13-27-29-23(19)17-7-3-2-4-8-17/h2-13H,14-15H2,1H3,(H,27,29). The highest BCUT2D eigenvalue weighted by Crippen LogP contribution is 2.25. The zero-order valence-corrected chi connectivity index (χ0v) is 17.6. The van der Waals surface area contributed by atoms with Crippen LogP contribution in [0.2, 0.25) is 5.02 Å². The van der Waals surface area contributed by atoms with E-state index >= 15 is 0 Å². The molecule has 31 heavy (non-hydrogen) atoms. The molecule has 156 valence electrons. The van der Waals surface area contributed by atoms with E-state index in [4.69, 9.17) is 11.6 Å². The second-order valence-electron chi connectivity index (χ2n) is 7.20. The number of benzene rings is 2. The van der Waals surface area contributed by atoms with Crippen LogP contribution in [-0.2, 0) is 13.1 Å². The van der Waals surface area contributed by atoms with E-state index < -0.39 is 5.82 Å². The van der Waals surface area contributed by atoms with Gasteiger partial charge in [-0.05, 0) is 42.3 Å². The molecule has 0 saturated carbocycles. The molecule has 7 heteroatoms. The van der Waals surface area contributed by atoms with Gasteiger partial charge in [0.1, 0.15) is 11.5 Å². The lowest BCUT2D eigenvalue weighted by atomic mass is 10.1. The predicted octanol–water partition coefficient (Wildman–Crippen LogP) is 5.42. The number of aromatic nitrogens is 3. The Bertz CT molecular complexity index is 1210. The van der Waals surface area contributed by atoms with Crippen molar-refractivity contribution < 1.29 is 9.18 Å². The average molecular weight is 435 g/mol. The number of halogens is 2. The van der Waals surface area contributed by atoms with Gasteiger partial charge in [0.05, 0.1) is 18.4 Å². The summed E-state index contributed by atoms with van der Waals surface area (Å²) in [7, 11) is 0. The number of nitrogens with zero attached hydrogens (tertiary/aromatic N) is 3. The van der Waals surface area contributed by atoms with Crippen LogP contribution in [0, 0.1) is 12.7 Å². The first-order chi connectivity index (χ1) is 15.0. The van der Waals surface area contributed by atoms with Crippen molar-refractivity contribution in [1.29, 1.82) is 0 Å². The van der Waals surface area contributed by atoms with Crippen molar-refractivity contribution in [2.24, 2.45) is 0 Å². The number of rotatable bonds is 6. The molecule has 0 aliphatic rings. The van der Waals surface area contributed by atoms with Crippen LogP contribution >= 0.6 is 11.6 Å². The van der Waals surface area contributed by atoms with Gasteiger partial charge in [0.2, 0.25) is 0 Å². The van der Waals surface area contributed by atoms with Crippen LogP contribution < -0.4 is 0 Å². The first kappa shape index (κ1) is 20.8. The van der Waals surface area contributed by atoms with Crippen molar-refractivity contribution in [3.63, 3.8) is 0 Å². The van der Waals surface area contributed by atoms with E-state index in [2.05, 4.69) is 15.2 Å². The van der Waals surface area contributed by atoms with E-state index in [0.717, 1.165) is 22.5 Å². The van der Waals surface area contributed by atoms with E-state index in [-0.39, 0.29) is 24.0 Å². The van der Waals surface area contributed by atoms with Gasteiger partial charge in [0.25, 0.3) is 5.91 Å². The third kappa shape index (κ3) is 4.81. The highest BCUT2D eigenvalue weighted by atomic mass is 35.5. The normalized spacial score (nSPS) is 10.8. The quantitative estimate of drug-likeness (QED) is 0.441. The maximum absolute atomic E-state index is 13.5. The van der Waals surface area contributed by atoms with Crippen LogP contribution in [-0.4, -0.2) is 26.0 Å². The van der Waals surface area contributed by atoms with E-state index in [1.165, 1.54) is 12.1 Å². The molecule has 5 nitrogen and oxygen atoms in total. The number of aryl methyl sites for hydroxylation is 1. The number of carbonyl (C=O) groups is 1. The number of carbonyl (C=O) groups excluding carboxylic acids is 1. The summed E-state index contributed by atoms with van der Waals surface area (Å²) >= 11 is 6.25. The minimum absolute atomic E-state index is 0.201. The summed E-state index contributed by atoms with van der Waals surface area (Å²) in [4.78, 5) is 19.4. The topological polar surface area (TPSA) is 61.9 Å². The highest BCUT2D eigenvalue weighted by Gasteiger charge is 2.21. The molecule has 0 atom stereocenters. The van der Waals surface area contributed by atoms with Crippen molar-refractivity contribution in [2.75, 3.05) is 0 Å². The van der Waals surface area contributed by atoms with Crippen molar-refractivity contribution >= 4 is 17.5 Å². The van der Waals surface area contributed by atoms with Crippen LogP contribution in [0.1, 0.15) is 27.3 Å². The van der Waals surface area contributed by atoms with Gasteiger partial charge in [-0.15, -0.1) is 0 Å². The lowest BCUT2D eigenvalue weighted by Gasteiger charge is -2.23. The third-order valence-electron chi connectivity index (χ3n) is 4.91. The Hall–Kier alpha value is -3.51. The Morgan fingerprint density at radius 2 is 1.81 bits per heavy atom. The second-order valence-corrected chi connectivity index (χ2v) is 7.60. The fraction of sp³-hybridized carbons (Fsp3) is 0.125. The molecule has 0 spiro atoms. The molecule has 0 bridgehead atoms. The Morgan fingerprint density at radius 3 is 2.55 bits per heavy atom. The molecule has 1 N–H and O–H groups in total. The van der Waals surface area contributed by atoms with E-state index in [1.807, 2.05) is 43.3 Å². The van der Waals surface area contributed by atoms with Crippen LogP contribution in [0.3, 0.4) is 0 Å². The molecule has 0 aliphatic heterocycles. The van der Waals surface area contributed by atoms with E-state index in [0.29, 0.717) is 11.3 Å². The molecule has 0 radical (unpaired) electrons. The van der Waals surface area contributed by atoms with E-state index in [9.17, 15) is 9.18 Å². The minimum Gasteiger partial charge on any atom is -0.328 e. The first-order valence-corrected chi connectivity index (χ1v) is 10.1. The van der Waals surface area contributed by atoms with Crippen LogP contribution in [0.15, 0.2) is 72.9 Å². The van der Waals surface area contributed by atoms with Gasteiger partial charge in [-0.3, -0.25) is 9.89 Å². The SMILES string of the molecule is Cc1cccc(C(=O)N(Cc2ccc(F)cc2Cl)Cc2cn[nH]c2-c2ccccc2)n1. The Kier molecular flexibility index (Phi) is 6.09. The largest absolute Gasteiger partial charge is 0.328 e. The first-order valence-electron chi connectivity index (χ1n) is 9.76. The lowest BCUT2D eigenvalue weighted by molar-refractivity contribution is 0.0724. The highest BCUT2D eigenvalue weighted by molar-refractivity contribution is 6.31. The van der Waals surface area contributed by atoms with Gasteiger partial charge in [-0.25, -0.2) is 9.37 Å². The molecule has 4 aromatic rings. The number of pyridine rings is 1. The Balaban J connectivity index is 1.69. The van der Waals surface area contributed by atoms with Crippen molar-refractivity contribution in [3.05, 3.63) is 106 Å². The van der Waals surface area contributed by atoms with Crippen molar-refractivity contribution in [3.8, 4) is 11.3 Å². The van der Waals surface area contributed by atoms with Crippen molar-refractivity contribution in [2.45, 2.75) is 20.0 Å². The van der Waals surface area contributed by atoms with Gasteiger partial charge >= 0.3 is 0 Å². The molecule has 2 heterocycles. The number of hydrogen-bond acceptors (Lipinski definition) is 3. The predicted molar refractivity (Wildman–Crippen MR) is 118 cm³/mol. The van der Waals surface area contributed by atoms with E-state index in [1.54, 1.807) is 29.3 Å². The van der Waals surface area contributed by atoms with Crippen LogP contribution in [0.4, 0.5) is 4.39 Å². The fourth-order valence-corrected chi connectivity index (χ4v) is 3.60. The minimum atomic E-state index is -0.423. The summed E-state index contributed by atoms with van der Waals surface area (Å²) in [6.45, 7) is 2.32. The lowest BCUT2D eigenvalue weighted by Crippen LogP contribution is -2.31. The van der Waals surface area contributed by atoms with Gasteiger partial charge in [0, 0.05) is 22.8 Å². The number of amides is 1. The maximum atomic E-state index is 13.5. The number of nitrogens with one attached hydrogen (secondary N) is 1. The summed E-state index contributed by atoms with van der Waals surface area (Å²) in [5, 5.41) is 7.47. The van der Waals surface area contributed by atoms with Gasteiger partial charge < -0.3 is 4.90 Å². The molecule has 0 fully saturated rings. The van der Waals surface area contributed by atoms with Gasteiger partial charge in [-0.1, -0.05) is 54.1 Å². The molecule has 0 unspecified atom stereocenters. The summed E-state index contributed by atoms with van der Waals surface area (Å²) in [6, 6.07) is 19.3. The molecule has 4 rings (SSSR count). The van der Waals surface area contributed by atoms with Crippen molar-refractivity contribution in [1.82, 2.24) is 20.1 Å².